The summed E-state index contributed by atoms with van der Waals surface area (Å²) in [5, 5.41) is 0.529. The van der Waals surface area contributed by atoms with Gasteiger partial charge in [-0.25, -0.2) is 9.36 Å². The Hall–Kier alpha value is -2.01. The molecule has 3 heterocycles. The van der Waals surface area contributed by atoms with E-state index in [9.17, 15) is 18.7 Å². The molecule has 164 valence electrons. The number of hydrogen-bond acceptors (Lipinski definition) is 8. The first-order valence-electron chi connectivity index (χ1n) is 8.82. The lowest BCUT2D eigenvalue weighted by Crippen LogP contribution is -2.31. The van der Waals surface area contributed by atoms with Crippen LogP contribution in [0.1, 0.15) is 24.6 Å². The van der Waals surface area contributed by atoms with E-state index in [2.05, 4.69) is 9.93 Å². The Balaban J connectivity index is 0.000000806. The maximum absolute atomic E-state index is 12.6. The van der Waals surface area contributed by atoms with E-state index in [0.717, 1.165) is 7.11 Å². The van der Waals surface area contributed by atoms with Gasteiger partial charge >= 0.3 is 13.5 Å². The largest absolute Gasteiger partial charge is 0.530 e. The summed E-state index contributed by atoms with van der Waals surface area (Å²) in [5.41, 5.74) is -0.330. The molecule has 0 bridgehead atoms. The lowest BCUT2D eigenvalue weighted by atomic mass is 10.2. The third kappa shape index (κ3) is 5.57. The van der Waals surface area contributed by atoms with E-state index >= 15 is 0 Å². The second kappa shape index (κ2) is 9.86. The number of nitrogens with one attached hydrogen (secondary N) is 1. The number of ether oxygens (including phenoxy) is 1. The van der Waals surface area contributed by atoms with Crippen molar-refractivity contribution >= 4 is 19.4 Å². The van der Waals surface area contributed by atoms with Gasteiger partial charge in [-0.1, -0.05) is 11.6 Å². The summed E-state index contributed by atoms with van der Waals surface area (Å²) < 4.78 is 45.5. The minimum atomic E-state index is -3.76. The number of phosphoric ester groups is 1. The standard InChI is InChI=1S/C16H16ClN2O7P.CH3FO/c17-11-1-3-13-10(7-11)8-23-27(22,26-13)24-9-12-2-4-15(25-12)19-6-5-14(20)18-16(19)21;1-3-2/h1,3,5-7,12,15H,2,4,8-9H2,(H,18,20,21);1H3. The number of benzene rings is 1. The van der Waals surface area contributed by atoms with Crippen LogP contribution in [0.2, 0.25) is 5.02 Å². The van der Waals surface area contributed by atoms with E-state index in [1.165, 1.54) is 16.8 Å². The molecule has 0 amide bonds. The Labute approximate surface area is 174 Å². The Morgan fingerprint density at radius 1 is 1.33 bits per heavy atom. The van der Waals surface area contributed by atoms with Crippen molar-refractivity contribution in [2.24, 2.45) is 0 Å². The molecule has 2 aliphatic rings. The van der Waals surface area contributed by atoms with Gasteiger partial charge in [-0.15, -0.1) is 0 Å². The highest BCUT2D eigenvalue weighted by Crippen LogP contribution is 2.55. The zero-order valence-corrected chi connectivity index (χ0v) is 17.4. The van der Waals surface area contributed by atoms with Crippen molar-refractivity contribution in [2.75, 3.05) is 13.7 Å². The molecule has 1 N–H and O–H groups in total. The second-order valence-corrected chi connectivity index (χ2v) is 8.35. The van der Waals surface area contributed by atoms with Crippen LogP contribution in [0.3, 0.4) is 0 Å². The van der Waals surface area contributed by atoms with Crippen molar-refractivity contribution in [3.63, 3.8) is 0 Å². The number of nitrogens with zero attached hydrogens (tertiary/aromatic N) is 1. The van der Waals surface area contributed by atoms with Gasteiger partial charge in [0.2, 0.25) is 0 Å². The van der Waals surface area contributed by atoms with Crippen LogP contribution in [-0.4, -0.2) is 29.4 Å². The first-order valence-corrected chi connectivity index (χ1v) is 10.7. The average Bonchev–Trinajstić information content (AvgIpc) is 3.16. The van der Waals surface area contributed by atoms with Crippen molar-refractivity contribution in [1.82, 2.24) is 9.55 Å². The molecule has 1 saturated heterocycles. The molecule has 0 aliphatic carbocycles. The Morgan fingerprint density at radius 3 is 2.83 bits per heavy atom. The van der Waals surface area contributed by atoms with Crippen molar-refractivity contribution in [1.29, 1.82) is 0 Å². The maximum Gasteiger partial charge on any atom is 0.530 e. The predicted octanol–water partition coefficient (Wildman–Crippen LogP) is 3.12. The van der Waals surface area contributed by atoms with E-state index in [0.29, 0.717) is 29.2 Å². The molecule has 2 aromatic rings. The Kier molecular flexibility index (Phi) is 7.45. The van der Waals surface area contributed by atoms with E-state index in [4.69, 9.17) is 29.9 Å². The van der Waals surface area contributed by atoms with Crippen molar-refractivity contribution in [3.05, 3.63) is 61.9 Å². The van der Waals surface area contributed by atoms with Gasteiger partial charge in [0.05, 0.1) is 26.4 Å². The quantitative estimate of drug-likeness (QED) is 0.686. The molecule has 3 unspecified atom stereocenters. The number of halogens is 2. The summed E-state index contributed by atoms with van der Waals surface area (Å²) in [5.74, 6) is 0.402. The first-order chi connectivity index (χ1) is 14.3. The Morgan fingerprint density at radius 2 is 2.10 bits per heavy atom. The van der Waals surface area contributed by atoms with Crippen LogP contribution < -0.4 is 15.8 Å². The smallest absolute Gasteiger partial charge is 0.404 e. The third-order valence-corrected chi connectivity index (χ3v) is 5.84. The molecule has 13 heteroatoms. The molecular weight excluding hydrogens is 446 g/mol. The number of fused-ring (bicyclic) bond motifs is 1. The number of hydrogen-bond donors (Lipinski definition) is 1. The van der Waals surface area contributed by atoms with Crippen LogP contribution in [0.4, 0.5) is 4.53 Å². The SMILES string of the molecule is COF.O=c1ccn(C2CCC(COP3(=O)OCc4cc(Cl)ccc4O3)O2)c(=O)[nH]1. The van der Waals surface area contributed by atoms with Gasteiger partial charge in [0.25, 0.3) is 5.56 Å². The summed E-state index contributed by atoms with van der Waals surface area (Å²) >= 11 is 5.91. The van der Waals surface area contributed by atoms with Crippen LogP contribution in [0.25, 0.3) is 0 Å². The predicted molar refractivity (Wildman–Crippen MR) is 103 cm³/mol. The van der Waals surface area contributed by atoms with Crippen LogP contribution >= 0.6 is 19.4 Å². The van der Waals surface area contributed by atoms with E-state index in [1.54, 1.807) is 18.2 Å². The van der Waals surface area contributed by atoms with Crippen molar-refractivity contribution < 1.29 is 32.3 Å². The molecule has 3 atom stereocenters. The molecule has 30 heavy (non-hydrogen) atoms. The minimum Gasteiger partial charge on any atom is -0.404 e. The van der Waals surface area contributed by atoms with Crippen LogP contribution in [0.5, 0.6) is 5.75 Å². The van der Waals surface area contributed by atoms with Gasteiger partial charge in [0, 0.05) is 22.8 Å². The fourth-order valence-electron chi connectivity index (χ4n) is 2.95. The minimum absolute atomic E-state index is 0.0190. The highest BCUT2D eigenvalue weighted by Gasteiger charge is 2.37. The highest BCUT2D eigenvalue weighted by molar-refractivity contribution is 7.49. The van der Waals surface area contributed by atoms with Gasteiger partial charge < -0.3 is 9.26 Å². The molecule has 0 saturated carbocycles. The zero-order valence-electron chi connectivity index (χ0n) is 15.8. The van der Waals surface area contributed by atoms with Gasteiger partial charge in [0.1, 0.15) is 12.0 Å². The highest BCUT2D eigenvalue weighted by atomic mass is 35.5. The molecule has 4 rings (SSSR count). The third-order valence-electron chi connectivity index (χ3n) is 4.28. The van der Waals surface area contributed by atoms with E-state index < -0.39 is 31.4 Å². The molecule has 1 aromatic carbocycles. The average molecular weight is 465 g/mol. The fraction of sp³-hybridized carbons (Fsp3) is 0.412. The van der Waals surface area contributed by atoms with E-state index in [1.807, 2.05) is 0 Å². The molecule has 0 radical (unpaired) electrons. The summed E-state index contributed by atoms with van der Waals surface area (Å²) in [6.07, 6.45) is 1.60. The summed E-state index contributed by atoms with van der Waals surface area (Å²) in [7, 11) is -2.80. The van der Waals surface area contributed by atoms with Crippen molar-refractivity contribution in [2.45, 2.75) is 31.8 Å². The van der Waals surface area contributed by atoms with Gasteiger partial charge in [-0.2, -0.15) is 4.94 Å². The lowest BCUT2D eigenvalue weighted by molar-refractivity contribution is -0.0960. The van der Waals surface area contributed by atoms with Crippen LogP contribution in [0, 0.1) is 0 Å². The van der Waals surface area contributed by atoms with E-state index in [-0.39, 0.29) is 13.2 Å². The summed E-state index contributed by atoms with van der Waals surface area (Å²) in [4.78, 5) is 27.9. The number of rotatable bonds is 4. The zero-order chi connectivity index (χ0) is 21.7. The molecular formula is C17H19ClFN2O8P. The fourth-order valence-corrected chi connectivity index (χ4v) is 4.39. The number of phosphoric acid groups is 1. The van der Waals surface area contributed by atoms with Crippen LogP contribution in [-0.2, 0) is 29.9 Å². The van der Waals surface area contributed by atoms with Gasteiger partial charge in [0.15, 0.2) is 0 Å². The van der Waals surface area contributed by atoms with Gasteiger partial charge in [-0.3, -0.25) is 23.4 Å². The monoisotopic (exact) mass is 464 g/mol. The maximum atomic E-state index is 12.6. The molecule has 10 nitrogen and oxygen atoms in total. The van der Waals surface area contributed by atoms with Crippen LogP contribution in [0.15, 0.2) is 40.1 Å². The van der Waals surface area contributed by atoms with Gasteiger partial charge in [-0.05, 0) is 35.6 Å². The topological polar surface area (TPSA) is 118 Å². The summed E-state index contributed by atoms with van der Waals surface area (Å²) in [6.45, 7) is 0.0445. The Bertz CT molecular complexity index is 1040. The normalized spacial score (nSPS) is 25.0. The number of aromatic nitrogens is 2. The molecule has 1 aromatic heterocycles. The molecule has 1 fully saturated rings. The number of H-pyrrole nitrogens is 1. The second-order valence-electron chi connectivity index (χ2n) is 6.32. The first kappa shape index (κ1) is 22.7. The lowest BCUT2D eigenvalue weighted by Gasteiger charge is -2.25. The molecule has 2 aliphatic heterocycles. The number of aromatic amines is 1. The molecule has 0 spiro atoms. The van der Waals surface area contributed by atoms with Crippen molar-refractivity contribution in [3.8, 4) is 5.75 Å². The summed E-state index contributed by atoms with van der Waals surface area (Å²) in [6, 6.07) is 6.16.